The van der Waals surface area contributed by atoms with Crippen molar-refractivity contribution in [1.29, 1.82) is 0 Å². The van der Waals surface area contributed by atoms with E-state index in [0.717, 1.165) is 6.04 Å². The average molecular weight is 246 g/mol. The molecule has 15 heavy (non-hydrogen) atoms. The van der Waals surface area contributed by atoms with Gasteiger partial charge in [0.25, 0.3) is 0 Å². The van der Waals surface area contributed by atoms with Crippen LogP contribution in [0.25, 0.3) is 0 Å². The molecule has 1 heterocycles. The van der Waals surface area contributed by atoms with Crippen molar-refractivity contribution in [3.63, 3.8) is 0 Å². The molecule has 1 saturated heterocycles. The van der Waals surface area contributed by atoms with Crippen LogP contribution in [0.5, 0.6) is 0 Å². The lowest BCUT2D eigenvalue weighted by Crippen LogP contribution is -2.56. The van der Waals surface area contributed by atoms with Crippen LogP contribution in [-0.2, 0) is 8.54 Å². The molecule has 2 atom stereocenters. The zero-order valence-electron chi connectivity index (χ0n) is 11.3. The van der Waals surface area contributed by atoms with Crippen LogP contribution in [0.2, 0.25) is 32.2 Å². The predicted octanol–water partition coefficient (Wildman–Crippen LogP) is 3.74. The molecule has 0 N–H and O–H groups in total. The summed E-state index contributed by atoms with van der Waals surface area (Å²) in [5.74, 6) is 0.642. The molecule has 0 bridgehead atoms. The normalized spacial score (nSPS) is 36.6. The van der Waals surface area contributed by atoms with Crippen LogP contribution in [0.1, 0.15) is 27.2 Å². The lowest BCUT2D eigenvalue weighted by Gasteiger charge is -2.47. The van der Waals surface area contributed by atoms with Crippen LogP contribution in [0.4, 0.5) is 0 Å². The first-order valence-corrected chi connectivity index (χ1v) is 11.9. The minimum absolute atomic E-state index is 0.00112. The third kappa shape index (κ3) is 3.69. The van der Waals surface area contributed by atoms with Crippen molar-refractivity contribution in [1.82, 2.24) is 0 Å². The molecular weight excluding hydrogens is 220 g/mol. The Hall–Kier alpha value is 0.354. The molecule has 0 amide bonds. The third-order valence-electron chi connectivity index (χ3n) is 3.22. The van der Waals surface area contributed by atoms with Crippen LogP contribution in [0.3, 0.4) is 0 Å². The monoisotopic (exact) mass is 246 g/mol. The Balaban J connectivity index is 2.72. The standard InChI is InChI=1S/C11H26O2Si2/c1-10-8-9-15(7,12-11(10,2)3)13-14(4,5)6/h10H,8-9H2,1-7H3. The van der Waals surface area contributed by atoms with E-state index in [1.54, 1.807) is 0 Å². The number of rotatable bonds is 2. The van der Waals surface area contributed by atoms with Crippen molar-refractivity contribution in [3.8, 4) is 0 Å². The summed E-state index contributed by atoms with van der Waals surface area (Å²) in [6.45, 7) is 15.7. The number of hydrogen-bond donors (Lipinski definition) is 0. The van der Waals surface area contributed by atoms with Crippen LogP contribution in [0, 0.1) is 5.92 Å². The quantitative estimate of drug-likeness (QED) is 0.691. The fourth-order valence-electron chi connectivity index (χ4n) is 2.25. The third-order valence-corrected chi connectivity index (χ3v) is 9.55. The molecule has 0 aromatic heterocycles. The molecule has 0 aromatic carbocycles. The van der Waals surface area contributed by atoms with E-state index in [2.05, 4.69) is 47.0 Å². The van der Waals surface area contributed by atoms with E-state index in [9.17, 15) is 0 Å². The Morgan fingerprint density at radius 1 is 1.33 bits per heavy atom. The van der Waals surface area contributed by atoms with Gasteiger partial charge in [-0.2, -0.15) is 0 Å². The van der Waals surface area contributed by atoms with Crippen LogP contribution in [-0.4, -0.2) is 22.5 Å². The van der Waals surface area contributed by atoms with Gasteiger partial charge in [-0.15, -0.1) is 0 Å². The maximum Gasteiger partial charge on any atom is 0.325 e. The van der Waals surface area contributed by atoms with Crippen molar-refractivity contribution >= 4 is 16.9 Å². The minimum atomic E-state index is -1.89. The highest BCUT2D eigenvalue weighted by molar-refractivity contribution is 6.82. The summed E-state index contributed by atoms with van der Waals surface area (Å²) in [7, 11) is -3.35. The van der Waals surface area contributed by atoms with Gasteiger partial charge in [-0.05, 0) is 58.4 Å². The van der Waals surface area contributed by atoms with Crippen molar-refractivity contribution in [2.45, 2.75) is 65.0 Å². The molecule has 0 aliphatic carbocycles. The van der Waals surface area contributed by atoms with E-state index in [1.807, 2.05) is 0 Å². The molecular formula is C11H26O2Si2. The molecule has 4 heteroatoms. The topological polar surface area (TPSA) is 18.5 Å². The molecule has 1 aliphatic heterocycles. The summed E-state index contributed by atoms with van der Waals surface area (Å²) in [4.78, 5) is 0. The molecule has 0 radical (unpaired) electrons. The zero-order valence-corrected chi connectivity index (χ0v) is 13.3. The highest BCUT2D eigenvalue weighted by Gasteiger charge is 2.46. The Kier molecular flexibility index (Phi) is 3.56. The molecule has 90 valence electrons. The summed E-state index contributed by atoms with van der Waals surface area (Å²) in [6.07, 6.45) is 1.25. The first-order chi connectivity index (χ1) is 6.54. The number of hydrogen-bond acceptors (Lipinski definition) is 2. The predicted molar refractivity (Wildman–Crippen MR) is 69.8 cm³/mol. The molecule has 0 spiro atoms. The fraction of sp³-hybridized carbons (Fsp3) is 1.00. The molecule has 1 rings (SSSR count). The highest BCUT2D eigenvalue weighted by Crippen LogP contribution is 2.38. The Labute approximate surface area is 96.7 Å². The van der Waals surface area contributed by atoms with Crippen molar-refractivity contribution in [2.75, 3.05) is 0 Å². The fourth-order valence-corrected chi connectivity index (χ4v) is 10.4. The van der Waals surface area contributed by atoms with Crippen LogP contribution < -0.4 is 0 Å². The smallest absolute Gasteiger partial charge is 0.325 e. The van der Waals surface area contributed by atoms with E-state index in [-0.39, 0.29) is 5.60 Å². The maximum atomic E-state index is 6.31. The van der Waals surface area contributed by atoms with Crippen molar-refractivity contribution < 1.29 is 8.54 Å². The van der Waals surface area contributed by atoms with Gasteiger partial charge in [0.2, 0.25) is 0 Å². The summed E-state index contributed by atoms with van der Waals surface area (Å²) in [5, 5.41) is 0. The van der Waals surface area contributed by atoms with Gasteiger partial charge in [0.05, 0.1) is 5.60 Å². The van der Waals surface area contributed by atoms with E-state index in [4.69, 9.17) is 8.54 Å². The first-order valence-electron chi connectivity index (χ1n) is 5.94. The van der Waals surface area contributed by atoms with Gasteiger partial charge in [0.1, 0.15) is 0 Å². The van der Waals surface area contributed by atoms with E-state index in [1.165, 1.54) is 6.42 Å². The van der Waals surface area contributed by atoms with E-state index >= 15 is 0 Å². The summed E-state index contributed by atoms with van der Waals surface area (Å²) >= 11 is 0. The summed E-state index contributed by atoms with van der Waals surface area (Å²) in [6, 6.07) is 1.15. The molecule has 0 aromatic rings. The van der Waals surface area contributed by atoms with Gasteiger partial charge in [0.15, 0.2) is 8.32 Å². The van der Waals surface area contributed by atoms with Crippen LogP contribution in [0.15, 0.2) is 0 Å². The molecule has 2 unspecified atom stereocenters. The van der Waals surface area contributed by atoms with Gasteiger partial charge < -0.3 is 8.54 Å². The Morgan fingerprint density at radius 3 is 2.27 bits per heavy atom. The minimum Gasteiger partial charge on any atom is -0.436 e. The second-order valence-corrected chi connectivity index (χ2v) is 14.5. The Bertz CT molecular complexity index is 235. The Morgan fingerprint density at radius 2 is 1.87 bits per heavy atom. The molecule has 1 aliphatic rings. The van der Waals surface area contributed by atoms with Gasteiger partial charge in [-0.25, -0.2) is 0 Å². The van der Waals surface area contributed by atoms with Crippen molar-refractivity contribution in [3.05, 3.63) is 0 Å². The van der Waals surface area contributed by atoms with E-state index in [0.29, 0.717) is 5.92 Å². The summed E-state index contributed by atoms with van der Waals surface area (Å²) < 4.78 is 12.6. The van der Waals surface area contributed by atoms with Crippen molar-refractivity contribution in [2.24, 2.45) is 5.92 Å². The second-order valence-electron chi connectivity index (χ2n) is 6.49. The van der Waals surface area contributed by atoms with Gasteiger partial charge in [0, 0.05) is 0 Å². The molecule has 0 saturated carbocycles. The van der Waals surface area contributed by atoms with Gasteiger partial charge in [-0.3, -0.25) is 0 Å². The lowest BCUT2D eigenvalue weighted by molar-refractivity contribution is 0.000988. The van der Waals surface area contributed by atoms with Gasteiger partial charge >= 0.3 is 8.56 Å². The molecule has 1 fully saturated rings. The van der Waals surface area contributed by atoms with Crippen LogP contribution >= 0.6 is 0 Å². The maximum absolute atomic E-state index is 6.31. The largest absolute Gasteiger partial charge is 0.436 e. The molecule has 2 nitrogen and oxygen atoms in total. The lowest BCUT2D eigenvalue weighted by atomic mass is 9.91. The SMILES string of the molecule is CC1CC[Si](C)(O[Si](C)(C)C)OC1(C)C. The second kappa shape index (κ2) is 3.98. The first kappa shape index (κ1) is 13.4. The van der Waals surface area contributed by atoms with Gasteiger partial charge in [-0.1, -0.05) is 6.92 Å². The highest BCUT2D eigenvalue weighted by atomic mass is 28.4. The van der Waals surface area contributed by atoms with E-state index < -0.39 is 16.9 Å². The zero-order chi connectivity index (χ0) is 11.9. The average Bonchev–Trinajstić information content (AvgIpc) is 1.92. The summed E-state index contributed by atoms with van der Waals surface area (Å²) in [5.41, 5.74) is -0.00112.